The van der Waals surface area contributed by atoms with E-state index in [1.807, 2.05) is 0 Å². The highest BCUT2D eigenvalue weighted by molar-refractivity contribution is 6.18. The number of fused-ring (bicyclic) bond motifs is 6. The Labute approximate surface area is 263 Å². The van der Waals surface area contributed by atoms with Crippen molar-refractivity contribution in [2.45, 2.75) is 38.8 Å². The largest absolute Gasteiger partial charge is 0.317 e. The van der Waals surface area contributed by atoms with Gasteiger partial charge in [-0.1, -0.05) is 98.0 Å². The van der Waals surface area contributed by atoms with Crippen molar-refractivity contribution in [3.8, 4) is 5.69 Å². The smallest absolute Gasteiger partial charge is 0.130 e. The fraction of sp³-hybridized carbons (Fsp3) is 0.167. The molecule has 45 heavy (non-hydrogen) atoms. The second kappa shape index (κ2) is 10.5. The Morgan fingerprint density at radius 1 is 0.733 bits per heavy atom. The van der Waals surface area contributed by atoms with Crippen molar-refractivity contribution in [3.05, 3.63) is 150 Å². The van der Waals surface area contributed by atoms with Crippen LogP contribution in [0.15, 0.2) is 155 Å². The highest BCUT2D eigenvalue weighted by atomic mass is 15.1. The molecule has 0 amide bonds. The lowest BCUT2D eigenvalue weighted by Crippen LogP contribution is -2.17. The number of benzene rings is 4. The minimum Gasteiger partial charge on any atom is -0.317 e. The van der Waals surface area contributed by atoms with E-state index in [-0.39, 0.29) is 6.17 Å². The van der Waals surface area contributed by atoms with Crippen LogP contribution < -0.4 is 0 Å². The number of hydrogen-bond acceptors (Lipinski definition) is 1. The summed E-state index contributed by atoms with van der Waals surface area (Å²) in [7, 11) is 0. The van der Waals surface area contributed by atoms with Gasteiger partial charge in [0, 0.05) is 33.7 Å². The van der Waals surface area contributed by atoms with Crippen molar-refractivity contribution in [2.75, 3.05) is 0 Å². The number of aromatic nitrogens is 2. The molecule has 0 saturated heterocycles. The van der Waals surface area contributed by atoms with E-state index in [0.717, 1.165) is 31.4 Å². The topological polar surface area (TPSA) is 22.2 Å². The standard InChI is InChI=1S/C42H35N3/c1-28-20-22-30(23-21-28)37-24-31(29-12-4-2-5-13-29)25-42(43-37)45-39-19-11-9-17-34(39)36-26-40-35(27-41(36)45)33-16-8-10-18-38(33)44(40)32-14-6-3-7-15-32/h2-4,6-12,14-20,22-24,26-28,42H,5,13,21,25H2,1H3/t28-,42?/m0/s1. The monoisotopic (exact) mass is 581 g/mol. The molecule has 3 heteroatoms. The number of dihydropyridines is 1. The molecule has 0 radical (unpaired) electrons. The summed E-state index contributed by atoms with van der Waals surface area (Å²) in [6.07, 6.45) is 20.3. The number of para-hydroxylation sites is 3. The summed E-state index contributed by atoms with van der Waals surface area (Å²) in [5, 5.41) is 5.09. The molecular formula is C42H35N3. The molecule has 3 nitrogen and oxygen atoms in total. The molecule has 2 aromatic heterocycles. The molecule has 0 saturated carbocycles. The van der Waals surface area contributed by atoms with Crippen molar-refractivity contribution in [3.63, 3.8) is 0 Å². The second-order valence-electron chi connectivity index (χ2n) is 12.7. The molecule has 0 spiro atoms. The zero-order valence-corrected chi connectivity index (χ0v) is 25.5. The van der Waals surface area contributed by atoms with Crippen molar-refractivity contribution < 1.29 is 0 Å². The van der Waals surface area contributed by atoms with Crippen LogP contribution in [0.1, 0.15) is 38.8 Å². The number of allylic oxidation sites excluding steroid dienone is 9. The van der Waals surface area contributed by atoms with Gasteiger partial charge < -0.3 is 9.13 Å². The highest BCUT2D eigenvalue weighted by Crippen LogP contribution is 2.42. The van der Waals surface area contributed by atoms with E-state index in [0.29, 0.717) is 5.92 Å². The summed E-state index contributed by atoms with van der Waals surface area (Å²) >= 11 is 0. The van der Waals surface area contributed by atoms with Crippen LogP contribution >= 0.6 is 0 Å². The number of rotatable bonds is 4. The quantitative estimate of drug-likeness (QED) is 0.198. The van der Waals surface area contributed by atoms with Crippen LogP contribution in [0.3, 0.4) is 0 Å². The van der Waals surface area contributed by atoms with Gasteiger partial charge in [-0.25, -0.2) is 0 Å². The molecule has 6 aromatic rings. The van der Waals surface area contributed by atoms with Crippen LogP contribution in [0.25, 0.3) is 49.3 Å². The van der Waals surface area contributed by atoms with Crippen LogP contribution in [0.5, 0.6) is 0 Å². The van der Waals surface area contributed by atoms with Gasteiger partial charge in [0.15, 0.2) is 0 Å². The maximum absolute atomic E-state index is 5.55. The molecule has 0 N–H and O–H groups in total. The average molecular weight is 582 g/mol. The van der Waals surface area contributed by atoms with Gasteiger partial charge in [-0.15, -0.1) is 0 Å². The zero-order valence-electron chi connectivity index (χ0n) is 25.5. The van der Waals surface area contributed by atoms with E-state index in [1.54, 1.807) is 0 Å². The van der Waals surface area contributed by atoms with Crippen molar-refractivity contribution in [2.24, 2.45) is 10.9 Å². The maximum Gasteiger partial charge on any atom is 0.130 e. The SMILES string of the molecule is C[C@H]1C=CC(C2=NC(n3c4ccccc4c4cc5c(cc43)c3ccccc3n5-c3ccccc3)CC(C3=CC=CCC3)=C2)=CC1. The van der Waals surface area contributed by atoms with Gasteiger partial charge in [0.25, 0.3) is 0 Å². The van der Waals surface area contributed by atoms with E-state index < -0.39 is 0 Å². The average Bonchev–Trinajstić information content (AvgIpc) is 3.60. The Hall–Kier alpha value is -5.15. The van der Waals surface area contributed by atoms with E-state index >= 15 is 0 Å². The summed E-state index contributed by atoms with van der Waals surface area (Å²) in [5.41, 5.74) is 11.3. The van der Waals surface area contributed by atoms with Crippen LogP contribution in [0.4, 0.5) is 0 Å². The summed E-state index contributed by atoms with van der Waals surface area (Å²) in [4.78, 5) is 5.55. The summed E-state index contributed by atoms with van der Waals surface area (Å²) < 4.78 is 4.95. The Morgan fingerprint density at radius 3 is 2.24 bits per heavy atom. The van der Waals surface area contributed by atoms with Crippen LogP contribution in [-0.2, 0) is 0 Å². The predicted octanol–water partition coefficient (Wildman–Crippen LogP) is 11.0. The molecule has 3 aliphatic rings. The minimum atomic E-state index is -0.0391. The lowest BCUT2D eigenvalue weighted by atomic mass is 9.88. The summed E-state index contributed by atoms with van der Waals surface area (Å²) in [5.74, 6) is 0.570. The fourth-order valence-corrected chi connectivity index (χ4v) is 7.62. The van der Waals surface area contributed by atoms with Gasteiger partial charge in [0.2, 0.25) is 0 Å². The molecule has 2 atom stereocenters. The van der Waals surface area contributed by atoms with Gasteiger partial charge in [0.05, 0.1) is 27.8 Å². The van der Waals surface area contributed by atoms with E-state index in [4.69, 9.17) is 4.99 Å². The second-order valence-corrected chi connectivity index (χ2v) is 12.7. The lowest BCUT2D eigenvalue weighted by Gasteiger charge is -2.27. The van der Waals surface area contributed by atoms with Gasteiger partial charge in [-0.3, -0.25) is 4.99 Å². The molecule has 2 aliphatic carbocycles. The molecule has 1 unspecified atom stereocenters. The Kier molecular flexibility index (Phi) is 6.12. The molecule has 0 fully saturated rings. The first-order valence-electron chi connectivity index (χ1n) is 16.3. The lowest BCUT2D eigenvalue weighted by molar-refractivity contribution is 0.546. The third kappa shape index (κ3) is 4.29. The van der Waals surface area contributed by atoms with Crippen molar-refractivity contribution in [1.82, 2.24) is 9.13 Å². The molecule has 1 aliphatic heterocycles. The molecular weight excluding hydrogens is 546 g/mol. The Bertz CT molecular complexity index is 2330. The molecule has 0 bridgehead atoms. The van der Waals surface area contributed by atoms with Gasteiger partial charge >= 0.3 is 0 Å². The molecule has 4 aromatic carbocycles. The van der Waals surface area contributed by atoms with Gasteiger partial charge in [-0.2, -0.15) is 0 Å². The first kappa shape index (κ1) is 26.3. The van der Waals surface area contributed by atoms with E-state index in [9.17, 15) is 0 Å². The predicted molar refractivity (Wildman–Crippen MR) is 190 cm³/mol. The van der Waals surface area contributed by atoms with Crippen molar-refractivity contribution in [1.29, 1.82) is 0 Å². The summed E-state index contributed by atoms with van der Waals surface area (Å²) in [6, 6.07) is 33.3. The third-order valence-corrected chi connectivity index (χ3v) is 9.85. The number of aliphatic imine (C=N–C) groups is 1. The number of hydrogen-bond donors (Lipinski definition) is 0. The van der Waals surface area contributed by atoms with E-state index in [1.165, 1.54) is 66.0 Å². The minimum absolute atomic E-state index is 0.0391. The van der Waals surface area contributed by atoms with Crippen LogP contribution in [0, 0.1) is 5.92 Å². The number of nitrogens with zero attached hydrogens (tertiary/aromatic N) is 3. The van der Waals surface area contributed by atoms with Gasteiger partial charge in [0.1, 0.15) is 6.17 Å². The first-order valence-corrected chi connectivity index (χ1v) is 16.3. The highest BCUT2D eigenvalue weighted by Gasteiger charge is 2.26. The molecule has 9 rings (SSSR count). The van der Waals surface area contributed by atoms with Crippen LogP contribution in [-0.4, -0.2) is 14.8 Å². The fourth-order valence-electron chi connectivity index (χ4n) is 7.62. The van der Waals surface area contributed by atoms with E-state index in [2.05, 4.69) is 150 Å². The van der Waals surface area contributed by atoms with Gasteiger partial charge in [-0.05, 0) is 84.4 Å². The summed E-state index contributed by atoms with van der Waals surface area (Å²) in [6.45, 7) is 2.28. The zero-order chi connectivity index (χ0) is 29.9. The first-order chi connectivity index (χ1) is 22.2. The maximum atomic E-state index is 5.55. The Morgan fingerprint density at radius 2 is 1.47 bits per heavy atom. The Balaban J connectivity index is 1.31. The third-order valence-electron chi connectivity index (χ3n) is 9.85. The normalized spacial score (nSPS) is 20.1. The molecule has 3 heterocycles. The van der Waals surface area contributed by atoms with Crippen LogP contribution in [0.2, 0.25) is 0 Å². The molecule has 218 valence electrons. The van der Waals surface area contributed by atoms with Crippen molar-refractivity contribution >= 4 is 49.3 Å².